The highest BCUT2D eigenvalue weighted by Gasteiger charge is 2.48. The molecule has 0 bridgehead atoms. The number of aliphatic hydroxyl groups excluding tert-OH is 1. The number of Topliss-reactive ketones (excluding diaryl/α,β-unsaturated/α-hetero) is 1. The van der Waals surface area contributed by atoms with Crippen molar-refractivity contribution in [1.82, 2.24) is 0 Å². The maximum Gasteiger partial charge on any atom is 0.300 e. The Labute approximate surface area is 211 Å². The van der Waals surface area contributed by atoms with Crippen LogP contribution in [0, 0.1) is 0 Å². The molecular formula is C27H24BrNO6. The van der Waals surface area contributed by atoms with Crippen LogP contribution in [0.15, 0.2) is 76.8 Å². The molecule has 0 radical (unpaired) electrons. The van der Waals surface area contributed by atoms with Crippen LogP contribution in [0.2, 0.25) is 0 Å². The molecule has 1 aliphatic heterocycles. The predicted molar refractivity (Wildman–Crippen MR) is 136 cm³/mol. The van der Waals surface area contributed by atoms with E-state index >= 15 is 0 Å². The Morgan fingerprint density at radius 1 is 0.943 bits per heavy atom. The minimum atomic E-state index is -0.951. The van der Waals surface area contributed by atoms with Crippen LogP contribution >= 0.6 is 15.9 Å². The monoisotopic (exact) mass is 537 g/mol. The number of methoxy groups -OCH3 is 2. The Bertz CT molecular complexity index is 1280. The summed E-state index contributed by atoms with van der Waals surface area (Å²) in [6.45, 7) is 2.37. The second-order valence-corrected chi connectivity index (χ2v) is 8.63. The molecule has 1 heterocycles. The largest absolute Gasteiger partial charge is 0.507 e. The van der Waals surface area contributed by atoms with Crippen molar-refractivity contribution < 1.29 is 28.9 Å². The van der Waals surface area contributed by atoms with Crippen molar-refractivity contribution in [2.24, 2.45) is 0 Å². The number of anilines is 1. The van der Waals surface area contributed by atoms with E-state index in [-0.39, 0.29) is 11.3 Å². The number of ketones is 1. The van der Waals surface area contributed by atoms with Crippen LogP contribution in [0.5, 0.6) is 17.2 Å². The van der Waals surface area contributed by atoms with Gasteiger partial charge in [0.15, 0.2) is 0 Å². The topological polar surface area (TPSA) is 85.3 Å². The van der Waals surface area contributed by atoms with Crippen molar-refractivity contribution >= 4 is 39.1 Å². The first-order valence-corrected chi connectivity index (χ1v) is 11.7. The first-order valence-electron chi connectivity index (χ1n) is 10.9. The van der Waals surface area contributed by atoms with Crippen LogP contribution in [0.25, 0.3) is 5.76 Å². The number of halogens is 1. The average molecular weight is 538 g/mol. The van der Waals surface area contributed by atoms with Crippen molar-refractivity contribution in [1.29, 1.82) is 0 Å². The normalized spacial score (nSPS) is 16.9. The Morgan fingerprint density at radius 3 is 2.20 bits per heavy atom. The Hall–Kier alpha value is -3.78. The molecule has 3 aromatic rings. The smallest absolute Gasteiger partial charge is 0.300 e. The van der Waals surface area contributed by atoms with Crippen molar-refractivity contribution in [3.05, 3.63) is 87.9 Å². The van der Waals surface area contributed by atoms with Crippen molar-refractivity contribution in [3.63, 3.8) is 0 Å². The lowest BCUT2D eigenvalue weighted by molar-refractivity contribution is -0.132. The van der Waals surface area contributed by atoms with E-state index < -0.39 is 17.7 Å². The third-order valence-corrected chi connectivity index (χ3v) is 6.25. The molecule has 1 unspecified atom stereocenters. The van der Waals surface area contributed by atoms with E-state index in [1.807, 2.05) is 6.92 Å². The van der Waals surface area contributed by atoms with E-state index in [0.717, 1.165) is 4.47 Å². The molecule has 1 amide bonds. The lowest BCUT2D eigenvalue weighted by atomic mass is 9.94. The van der Waals surface area contributed by atoms with Gasteiger partial charge in [-0.1, -0.05) is 15.9 Å². The third kappa shape index (κ3) is 4.61. The molecule has 3 aromatic carbocycles. The van der Waals surface area contributed by atoms with Crippen molar-refractivity contribution in [3.8, 4) is 17.2 Å². The zero-order valence-electron chi connectivity index (χ0n) is 19.4. The molecule has 0 aromatic heterocycles. The van der Waals surface area contributed by atoms with E-state index in [4.69, 9.17) is 14.2 Å². The summed E-state index contributed by atoms with van der Waals surface area (Å²) in [5.41, 5.74) is 1.33. The highest BCUT2D eigenvalue weighted by molar-refractivity contribution is 9.10. The number of amides is 1. The number of nitrogens with zero attached hydrogens (tertiary/aromatic N) is 1. The van der Waals surface area contributed by atoms with E-state index in [0.29, 0.717) is 40.7 Å². The Kier molecular flexibility index (Phi) is 7.12. The summed E-state index contributed by atoms with van der Waals surface area (Å²) >= 11 is 3.40. The summed E-state index contributed by atoms with van der Waals surface area (Å²) in [5.74, 6) is -0.254. The van der Waals surface area contributed by atoms with Gasteiger partial charge in [0.2, 0.25) is 0 Å². The minimum absolute atomic E-state index is 0.0476. The second kappa shape index (κ2) is 10.2. The number of carbonyl (C=O) groups is 2. The molecule has 1 N–H and O–H groups in total. The minimum Gasteiger partial charge on any atom is -0.507 e. The number of hydrogen-bond donors (Lipinski definition) is 1. The molecule has 0 saturated carbocycles. The second-order valence-electron chi connectivity index (χ2n) is 7.71. The number of hydrogen-bond acceptors (Lipinski definition) is 6. The van der Waals surface area contributed by atoms with Crippen LogP contribution < -0.4 is 19.1 Å². The quantitative estimate of drug-likeness (QED) is 0.243. The van der Waals surface area contributed by atoms with Crippen molar-refractivity contribution in [2.45, 2.75) is 13.0 Å². The molecule has 4 rings (SSSR count). The molecule has 1 atom stereocenters. The molecule has 7 nitrogen and oxygen atoms in total. The number of aliphatic hydroxyl groups is 1. The molecule has 1 saturated heterocycles. The molecular weight excluding hydrogens is 514 g/mol. The summed E-state index contributed by atoms with van der Waals surface area (Å²) in [7, 11) is 3.03. The molecule has 35 heavy (non-hydrogen) atoms. The maximum atomic E-state index is 13.4. The fourth-order valence-corrected chi connectivity index (χ4v) is 4.34. The number of ether oxygens (including phenoxy) is 3. The summed E-state index contributed by atoms with van der Waals surface area (Å²) in [5, 5.41) is 11.3. The van der Waals surface area contributed by atoms with Gasteiger partial charge in [0, 0.05) is 21.3 Å². The van der Waals surface area contributed by atoms with Gasteiger partial charge in [0.1, 0.15) is 23.0 Å². The highest BCUT2D eigenvalue weighted by Crippen LogP contribution is 2.46. The van der Waals surface area contributed by atoms with Gasteiger partial charge in [0.25, 0.3) is 11.7 Å². The zero-order chi connectivity index (χ0) is 25.1. The molecule has 180 valence electrons. The Morgan fingerprint density at radius 2 is 1.60 bits per heavy atom. The SMILES string of the molecule is CCOc1ccc(/C(O)=C2/C(=O)C(=O)N(c3ccc(Br)cc3)C2c2cc(OC)ccc2OC)cc1. The van der Waals surface area contributed by atoms with Gasteiger partial charge >= 0.3 is 0 Å². The lowest BCUT2D eigenvalue weighted by Crippen LogP contribution is -2.29. The summed E-state index contributed by atoms with van der Waals surface area (Å²) in [4.78, 5) is 28.1. The van der Waals surface area contributed by atoms with Gasteiger partial charge < -0.3 is 19.3 Å². The summed E-state index contributed by atoms with van der Waals surface area (Å²) in [6, 6.07) is 17.9. The molecule has 0 spiro atoms. The van der Waals surface area contributed by atoms with Gasteiger partial charge in [0.05, 0.1) is 32.4 Å². The lowest BCUT2D eigenvalue weighted by Gasteiger charge is -2.27. The number of carbonyl (C=O) groups excluding carboxylic acids is 2. The third-order valence-electron chi connectivity index (χ3n) is 5.72. The molecule has 1 aliphatic rings. The highest BCUT2D eigenvalue weighted by atomic mass is 79.9. The van der Waals surface area contributed by atoms with E-state index in [1.54, 1.807) is 66.7 Å². The van der Waals surface area contributed by atoms with E-state index in [9.17, 15) is 14.7 Å². The fourth-order valence-electron chi connectivity index (χ4n) is 4.08. The van der Waals surface area contributed by atoms with Crippen LogP contribution in [-0.4, -0.2) is 37.6 Å². The summed E-state index contributed by atoms with van der Waals surface area (Å²) < 4.78 is 17.3. The predicted octanol–water partition coefficient (Wildman–Crippen LogP) is 5.49. The first-order chi connectivity index (χ1) is 16.9. The number of benzene rings is 3. The van der Waals surface area contributed by atoms with Crippen LogP contribution in [-0.2, 0) is 9.59 Å². The van der Waals surface area contributed by atoms with Crippen LogP contribution in [0.3, 0.4) is 0 Å². The molecule has 0 aliphatic carbocycles. The van der Waals surface area contributed by atoms with Crippen LogP contribution in [0.1, 0.15) is 24.1 Å². The van der Waals surface area contributed by atoms with E-state index in [1.165, 1.54) is 19.1 Å². The average Bonchev–Trinajstić information content (AvgIpc) is 3.14. The number of rotatable bonds is 7. The first kappa shape index (κ1) is 24.3. The summed E-state index contributed by atoms with van der Waals surface area (Å²) in [6.07, 6.45) is 0. The van der Waals surface area contributed by atoms with Gasteiger partial charge in [-0.2, -0.15) is 0 Å². The fraction of sp³-hybridized carbons (Fsp3) is 0.185. The van der Waals surface area contributed by atoms with Gasteiger partial charge in [-0.15, -0.1) is 0 Å². The zero-order valence-corrected chi connectivity index (χ0v) is 21.0. The van der Waals surface area contributed by atoms with Crippen molar-refractivity contribution in [2.75, 3.05) is 25.7 Å². The van der Waals surface area contributed by atoms with Crippen LogP contribution in [0.4, 0.5) is 5.69 Å². The van der Waals surface area contributed by atoms with Gasteiger partial charge in [-0.25, -0.2) is 0 Å². The van der Waals surface area contributed by atoms with E-state index in [2.05, 4.69) is 15.9 Å². The van der Waals surface area contributed by atoms with Gasteiger partial charge in [-0.3, -0.25) is 14.5 Å². The molecule has 8 heteroatoms. The Balaban J connectivity index is 1.95. The standard InChI is InChI=1S/C27H24BrNO6/c1-4-35-19-11-5-16(6-12-19)25(30)23-24(21-15-20(33-2)13-14-22(21)34-3)29(27(32)26(23)31)18-9-7-17(28)8-10-18/h5-15,24,30H,4H2,1-3H3/b25-23-. The molecule has 1 fully saturated rings. The maximum absolute atomic E-state index is 13.4. The van der Waals surface area contributed by atoms with Gasteiger partial charge in [-0.05, 0) is 73.7 Å².